The van der Waals surface area contributed by atoms with E-state index in [1.54, 1.807) is 30.6 Å². The van der Waals surface area contributed by atoms with Crippen molar-refractivity contribution in [3.8, 4) is 5.75 Å². The Morgan fingerprint density at radius 2 is 2.14 bits per heavy atom. The normalized spacial score (nSPS) is 11.2. The SMILES string of the molecule is COc1cc(Br)ccc1C(=O)NCC(C)(C)c1cccs1. The van der Waals surface area contributed by atoms with Crippen molar-refractivity contribution in [1.29, 1.82) is 0 Å². The van der Waals surface area contributed by atoms with Gasteiger partial charge in [0.1, 0.15) is 5.75 Å². The molecule has 0 spiro atoms. The van der Waals surface area contributed by atoms with Crippen LogP contribution in [0.4, 0.5) is 0 Å². The second-order valence-electron chi connectivity index (χ2n) is 5.39. The van der Waals surface area contributed by atoms with Gasteiger partial charge in [0.25, 0.3) is 5.91 Å². The second kappa shape index (κ2) is 6.62. The summed E-state index contributed by atoms with van der Waals surface area (Å²) in [4.78, 5) is 13.6. The zero-order valence-corrected chi connectivity index (χ0v) is 14.7. The van der Waals surface area contributed by atoms with Crippen LogP contribution in [-0.4, -0.2) is 19.6 Å². The molecule has 1 heterocycles. The molecule has 0 saturated heterocycles. The van der Waals surface area contributed by atoms with Crippen LogP contribution in [0.2, 0.25) is 0 Å². The van der Waals surface area contributed by atoms with Gasteiger partial charge in [-0.3, -0.25) is 4.79 Å². The summed E-state index contributed by atoms with van der Waals surface area (Å²) < 4.78 is 6.15. The largest absolute Gasteiger partial charge is 0.496 e. The lowest BCUT2D eigenvalue weighted by Crippen LogP contribution is -2.36. The molecule has 2 aromatic rings. The number of benzene rings is 1. The van der Waals surface area contributed by atoms with Gasteiger partial charge in [-0.1, -0.05) is 35.8 Å². The number of nitrogens with one attached hydrogen (secondary N) is 1. The van der Waals surface area contributed by atoms with Crippen molar-refractivity contribution in [2.75, 3.05) is 13.7 Å². The summed E-state index contributed by atoms with van der Waals surface area (Å²) in [6.45, 7) is 4.82. The number of rotatable bonds is 5. The van der Waals surface area contributed by atoms with Crippen molar-refractivity contribution in [2.24, 2.45) is 0 Å². The monoisotopic (exact) mass is 367 g/mol. The van der Waals surface area contributed by atoms with Crippen molar-refractivity contribution >= 4 is 33.2 Å². The molecule has 5 heteroatoms. The summed E-state index contributed by atoms with van der Waals surface area (Å²) in [5, 5.41) is 5.05. The second-order valence-corrected chi connectivity index (χ2v) is 7.25. The zero-order valence-electron chi connectivity index (χ0n) is 12.3. The summed E-state index contributed by atoms with van der Waals surface area (Å²) in [6.07, 6.45) is 0. The van der Waals surface area contributed by atoms with Gasteiger partial charge in [0.05, 0.1) is 12.7 Å². The molecule has 1 aromatic carbocycles. The fraction of sp³-hybridized carbons (Fsp3) is 0.312. The average Bonchev–Trinajstić information content (AvgIpc) is 2.99. The quantitative estimate of drug-likeness (QED) is 0.858. The first-order valence-electron chi connectivity index (χ1n) is 6.60. The Bertz CT molecular complexity index is 623. The first kappa shape index (κ1) is 16.0. The fourth-order valence-electron chi connectivity index (χ4n) is 2.00. The molecule has 1 N–H and O–H groups in total. The summed E-state index contributed by atoms with van der Waals surface area (Å²) in [5.74, 6) is 0.444. The van der Waals surface area contributed by atoms with Gasteiger partial charge in [-0.2, -0.15) is 0 Å². The predicted molar refractivity (Wildman–Crippen MR) is 90.4 cm³/mol. The highest BCUT2D eigenvalue weighted by atomic mass is 79.9. The van der Waals surface area contributed by atoms with Crippen LogP contribution in [0.5, 0.6) is 5.75 Å². The summed E-state index contributed by atoms with van der Waals surface area (Å²) in [6, 6.07) is 9.51. The minimum Gasteiger partial charge on any atom is -0.496 e. The lowest BCUT2D eigenvalue weighted by atomic mass is 9.91. The first-order chi connectivity index (χ1) is 9.94. The summed E-state index contributed by atoms with van der Waals surface area (Å²) in [5.41, 5.74) is 0.453. The molecular weight excluding hydrogens is 350 g/mol. The molecule has 0 aliphatic carbocycles. The molecule has 0 unspecified atom stereocenters. The minimum absolute atomic E-state index is 0.0908. The maximum Gasteiger partial charge on any atom is 0.255 e. The van der Waals surface area contributed by atoms with E-state index < -0.39 is 0 Å². The highest BCUT2D eigenvalue weighted by Gasteiger charge is 2.23. The molecule has 112 valence electrons. The summed E-state index contributed by atoms with van der Waals surface area (Å²) >= 11 is 5.08. The topological polar surface area (TPSA) is 38.3 Å². The number of carbonyl (C=O) groups is 1. The molecule has 21 heavy (non-hydrogen) atoms. The Kier molecular flexibility index (Phi) is 5.06. The zero-order chi connectivity index (χ0) is 15.5. The van der Waals surface area contributed by atoms with E-state index in [2.05, 4.69) is 46.5 Å². The standard InChI is InChI=1S/C16H18BrNO2S/c1-16(2,14-5-4-8-21-14)10-18-15(19)12-7-6-11(17)9-13(12)20-3/h4-9H,10H2,1-3H3,(H,18,19). The molecule has 2 rings (SSSR count). The van der Waals surface area contributed by atoms with Gasteiger partial charge in [-0.25, -0.2) is 0 Å². The van der Waals surface area contributed by atoms with Crippen molar-refractivity contribution < 1.29 is 9.53 Å². The molecule has 0 atom stereocenters. The van der Waals surface area contributed by atoms with E-state index in [9.17, 15) is 4.79 Å². The Morgan fingerprint density at radius 3 is 2.76 bits per heavy atom. The molecule has 1 amide bonds. The number of carbonyl (C=O) groups excluding carboxylic acids is 1. The fourth-order valence-corrected chi connectivity index (χ4v) is 3.19. The lowest BCUT2D eigenvalue weighted by Gasteiger charge is -2.24. The number of halogens is 1. The van der Waals surface area contributed by atoms with E-state index in [-0.39, 0.29) is 11.3 Å². The van der Waals surface area contributed by atoms with E-state index >= 15 is 0 Å². The van der Waals surface area contributed by atoms with Crippen LogP contribution >= 0.6 is 27.3 Å². The number of methoxy groups -OCH3 is 1. The van der Waals surface area contributed by atoms with E-state index in [4.69, 9.17) is 4.74 Å². The lowest BCUT2D eigenvalue weighted by molar-refractivity contribution is 0.0943. The van der Waals surface area contributed by atoms with Crippen LogP contribution in [0.15, 0.2) is 40.2 Å². The highest BCUT2D eigenvalue weighted by Crippen LogP contribution is 2.27. The molecule has 0 aliphatic heterocycles. The third-order valence-electron chi connectivity index (χ3n) is 3.29. The van der Waals surface area contributed by atoms with Gasteiger partial charge in [0, 0.05) is 21.3 Å². The van der Waals surface area contributed by atoms with E-state index in [0.29, 0.717) is 17.9 Å². The molecular formula is C16H18BrNO2S. The minimum atomic E-state index is -0.121. The Hall–Kier alpha value is -1.33. The number of thiophene rings is 1. The number of hydrogen-bond acceptors (Lipinski definition) is 3. The Morgan fingerprint density at radius 1 is 1.38 bits per heavy atom. The third kappa shape index (κ3) is 3.86. The predicted octanol–water partition coefficient (Wildman–Crippen LogP) is 4.23. The smallest absolute Gasteiger partial charge is 0.255 e. The van der Waals surface area contributed by atoms with E-state index in [0.717, 1.165) is 4.47 Å². The van der Waals surface area contributed by atoms with Crippen LogP contribution in [0.25, 0.3) is 0 Å². The highest BCUT2D eigenvalue weighted by molar-refractivity contribution is 9.10. The van der Waals surface area contributed by atoms with Gasteiger partial charge in [0.2, 0.25) is 0 Å². The molecule has 0 saturated carbocycles. The van der Waals surface area contributed by atoms with Crippen molar-refractivity contribution in [1.82, 2.24) is 5.32 Å². The molecule has 1 aromatic heterocycles. The van der Waals surface area contributed by atoms with Crippen LogP contribution in [0.1, 0.15) is 29.1 Å². The average molecular weight is 368 g/mol. The van der Waals surface area contributed by atoms with Crippen LogP contribution in [0, 0.1) is 0 Å². The van der Waals surface area contributed by atoms with Gasteiger partial charge >= 0.3 is 0 Å². The first-order valence-corrected chi connectivity index (χ1v) is 8.27. The molecule has 0 radical (unpaired) electrons. The van der Waals surface area contributed by atoms with Crippen molar-refractivity contribution in [2.45, 2.75) is 19.3 Å². The van der Waals surface area contributed by atoms with Gasteiger partial charge in [-0.05, 0) is 29.6 Å². The van der Waals surface area contributed by atoms with Crippen molar-refractivity contribution in [3.63, 3.8) is 0 Å². The number of ether oxygens (including phenoxy) is 1. The maximum atomic E-state index is 12.3. The van der Waals surface area contributed by atoms with Crippen LogP contribution in [0.3, 0.4) is 0 Å². The Balaban J connectivity index is 2.09. The molecule has 0 bridgehead atoms. The molecule has 0 aliphatic rings. The molecule has 0 fully saturated rings. The number of amides is 1. The summed E-state index contributed by atoms with van der Waals surface area (Å²) in [7, 11) is 1.56. The van der Waals surface area contributed by atoms with E-state index in [1.807, 2.05) is 12.1 Å². The van der Waals surface area contributed by atoms with Crippen molar-refractivity contribution in [3.05, 3.63) is 50.6 Å². The van der Waals surface area contributed by atoms with Crippen LogP contribution in [-0.2, 0) is 5.41 Å². The van der Waals surface area contributed by atoms with Gasteiger partial charge < -0.3 is 10.1 Å². The van der Waals surface area contributed by atoms with E-state index in [1.165, 1.54) is 4.88 Å². The van der Waals surface area contributed by atoms with Gasteiger partial charge in [0.15, 0.2) is 0 Å². The van der Waals surface area contributed by atoms with Crippen LogP contribution < -0.4 is 10.1 Å². The number of hydrogen-bond donors (Lipinski definition) is 1. The maximum absolute atomic E-state index is 12.3. The van der Waals surface area contributed by atoms with Gasteiger partial charge in [-0.15, -0.1) is 11.3 Å². The molecule has 3 nitrogen and oxygen atoms in total. The Labute approximate surface area is 137 Å². The third-order valence-corrected chi connectivity index (χ3v) is 5.02.